The highest BCUT2D eigenvalue weighted by Crippen LogP contribution is 2.58. The highest BCUT2D eigenvalue weighted by atomic mass is 16.6. The fraction of sp³-hybridized carbons (Fsp3) is 0.600. The molecule has 1 aliphatic rings. The van der Waals surface area contributed by atoms with Gasteiger partial charge in [-0.15, -0.1) is 0 Å². The topological polar surface area (TPSA) is 38.7 Å². The van der Waals surface area contributed by atoms with E-state index in [1.807, 2.05) is 45.0 Å². The van der Waals surface area contributed by atoms with Gasteiger partial charge in [-0.05, 0) is 46.1 Å². The third kappa shape index (κ3) is 2.81. The molecule has 1 aliphatic carbocycles. The van der Waals surface area contributed by atoms with E-state index in [0.29, 0.717) is 0 Å². The second-order valence-electron chi connectivity index (χ2n) is 6.90. The van der Waals surface area contributed by atoms with E-state index in [-0.39, 0.29) is 6.10 Å². The summed E-state index contributed by atoms with van der Waals surface area (Å²) in [5, 5.41) is 11.3. The molecule has 0 saturated carbocycles. The molecule has 0 radical (unpaired) electrons. The Morgan fingerprint density at radius 3 is 2.26 bits per heavy atom. The zero-order valence-electron chi connectivity index (χ0n) is 15.3. The van der Waals surface area contributed by atoms with E-state index in [1.54, 1.807) is 7.11 Å². The maximum Gasteiger partial charge on any atom is 0.182 e. The van der Waals surface area contributed by atoms with Gasteiger partial charge in [-0.3, -0.25) is 0 Å². The minimum atomic E-state index is -1.06. The summed E-state index contributed by atoms with van der Waals surface area (Å²) < 4.78 is 12.0. The molecule has 1 N–H and O–H groups in total. The van der Waals surface area contributed by atoms with Crippen LogP contribution in [0, 0.1) is 6.92 Å². The average molecular weight is 318 g/mol. The van der Waals surface area contributed by atoms with Gasteiger partial charge >= 0.3 is 0 Å². The van der Waals surface area contributed by atoms with Crippen LogP contribution in [0.4, 0.5) is 0 Å². The molecule has 3 heteroatoms. The second kappa shape index (κ2) is 6.66. The van der Waals surface area contributed by atoms with E-state index in [1.165, 1.54) is 5.56 Å². The molecule has 3 nitrogen and oxygen atoms in total. The number of aryl methyl sites for hydroxylation is 1. The van der Waals surface area contributed by atoms with Crippen molar-refractivity contribution in [2.24, 2.45) is 0 Å². The van der Waals surface area contributed by atoms with Gasteiger partial charge < -0.3 is 14.6 Å². The van der Waals surface area contributed by atoms with Gasteiger partial charge in [-0.1, -0.05) is 43.2 Å². The van der Waals surface area contributed by atoms with Crippen LogP contribution in [0.15, 0.2) is 35.6 Å². The lowest BCUT2D eigenvalue weighted by atomic mass is 9.61. The first-order chi connectivity index (χ1) is 10.8. The van der Waals surface area contributed by atoms with Crippen molar-refractivity contribution in [2.45, 2.75) is 71.2 Å². The first-order valence-electron chi connectivity index (χ1n) is 8.56. The standard InChI is InChI=1S/C20H30O3/c1-7-8-9-17-18(23-14(2)3)20(22-6,19(17,5)21)16-12-10-15(4)11-13-16/h10-14,21H,7-9H2,1-6H3. The van der Waals surface area contributed by atoms with Crippen molar-refractivity contribution < 1.29 is 14.6 Å². The summed E-state index contributed by atoms with van der Waals surface area (Å²) in [5.74, 6) is 0.789. The molecule has 1 aromatic carbocycles. The van der Waals surface area contributed by atoms with E-state index >= 15 is 0 Å². The molecular formula is C20H30O3. The summed E-state index contributed by atoms with van der Waals surface area (Å²) in [5.41, 5.74) is 1.10. The summed E-state index contributed by atoms with van der Waals surface area (Å²) >= 11 is 0. The molecule has 0 heterocycles. The number of ether oxygens (including phenoxy) is 2. The number of aliphatic hydroxyl groups is 1. The fourth-order valence-corrected chi connectivity index (χ4v) is 3.51. The van der Waals surface area contributed by atoms with Crippen LogP contribution >= 0.6 is 0 Å². The van der Waals surface area contributed by atoms with Gasteiger partial charge in [0.05, 0.1) is 6.10 Å². The minimum Gasteiger partial charge on any atom is -0.492 e. The largest absolute Gasteiger partial charge is 0.492 e. The quantitative estimate of drug-likeness (QED) is 0.806. The van der Waals surface area contributed by atoms with Crippen LogP contribution in [0.3, 0.4) is 0 Å². The molecule has 0 amide bonds. The van der Waals surface area contributed by atoms with Crippen molar-refractivity contribution in [3.05, 3.63) is 46.7 Å². The summed E-state index contributed by atoms with van der Waals surface area (Å²) in [6.07, 6.45) is 2.99. The van der Waals surface area contributed by atoms with Crippen LogP contribution in [-0.2, 0) is 15.1 Å². The Bertz CT molecular complexity index is 569. The third-order valence-corrected chi connectivity index (χ3v) is 4.77. The van der Waals surface area contributed by atoms with Gasteiger partial charge in [0.1, 0.15) is 11.4 Å². The normalized spacial score (nSPS) is 27.3. The monoisotopic (exact) mass is 318 g/mol. The van der Waals surface area contributed by atoms with E-state index in [0.717, 1.165) is 36.2 Å². The summed E-state index contributed by atoms with van der Waals surface area (Å²) in [6.45, 7) is 10.1. The van der Waals surface area contributed by atoms with E-state index < -0.39 is 11.2 Å². The Morgan fingerprint density at radius 1 is 1.17 bits per heavy atom. The lowest BCUT2D eigenvalue weighted by Crippen LogP contribution is -2.62. The van der Waals surface area contributed by atoms with E-state index in [2.05, 4.69) is 13.8 Å². The number of methoxy groups -OCH3 is 1. The Hall–Kier alpha value is -1.32. The van der Waals surface area contributed by atoms with Crippen LogP contribution in [-0.4, -0.2) is 23.9 Å². The van der Waals surface area contributed by atoms with Crippen molar-refractivity contribution in [2.75, 3.05) is 7.11 Å². The fourth-order valence-electron chi connectivity index (χ4n) is 3.51. The van der Waals surface area contributed by atoms with Crippen LogP contribution in [0.2, 0.25) is 0 Å². The molecule has 0 aromatic heterocycles. The smallest absolute Gasteiger partial charge is 0.182 e. The van der Waals surface area contributed by atoms with Crippen LogP contribution in [0.1, 0.15) is 58.1 Å². The van der Waals surface area contributed by atoms with Crippen LogP contribution in [0.5, 0.6) is 0 Å². The minimum absolute atomic E-state index is 0.0395. The molecule has 2 unspecified atom stereocenters. The average Bonchev–Trinajstić information content (AvgIpc) is 2.49. The highest BCUT2D eigenvalue weighted by Gasteiger charge is 2.65. The molecule has 0 saturated heterocycles. The predicted octanol–water partition coefficient (Wildman–Crippen LogP) is 4.47. The van der Waals surface area contributed by atoms with Crippen molar-refractivity contribution in [3.63, 3.8) is 0 Å². The van der Waals surface area contributed by atoms with Gasteiger partial charge in [0.2, 0.25) is 0 Å². The number of rotatable bonds is 7. The zero-order valence-corrected chi connectivity index (χ0v) is 15.3. The molecule has 23 heavy (non-hydrogen) atoms. The maximum atomic E-state index is 11.3. The number of unbranched alkanes of at least 4 members (excludes halogenated alkanes) is 1. The molecule has 2 rings (SSSR count). The Kier molecular flexibility index (Phi) is 5.22. The van der Waals surface area contributed by atoms with Crippen molar-refractivity contribution in [3.8, 4) is 0 Å². The number of hydrogen-bond acceptors (Lipinski definition) is 3. The number of benzene rings is 1. The lowest BCUT2D eigenvalue weighted by Gasteiger charge is -2.55. The van der Waals surface area contributed by atoms with Crippen molar-refractivity contribution >= 4 is 0 Å². The molecule has 128 valence electrons. The zero-order chi connectivity index (χ0) is 17.3. The van der Waals surface area contributed by atoms with E-state index in [4.69, 9.17) is 9.47 Å². The Balaban J connectivity index is 2.55. The summed E-state index contributed by atoms with van der Waals surface area (Å²) in [6, 6.07) is 8.13. The first kappa shape index (κ1) is 18.0. The molecule has 2 atom stereocenters. The van der Waals surface area contributed by atoms with Gasteiger partial charge in [0.25, 0.3) is 0 Å². The van der Waals surface area contributed by atoms with Gasteiger partial charge in [0.15, 0.2) is 5.60 Å². The lowest BCUT2D eigenvalue weighted by molar-refractivity contribution is -0.189. The SMILES string of the molecule is CCCCC1=C(OC(C)C)C(OC)(c2ccc(C)cc2)C1(C)O. The number of hydrogen-bond donors (Lipinski definition) is 1. The van der Waals surface area contributed by atoms with Gasteiger partial charge in [0, 0.05) is 12.7 Å². The Morgan fingerprint density at radius 2 is 1.78 bits per heavy atom. The first-order valence-corrected chi connectivity index (χ1v) is 8.56. The molecule has 0 aliphatic heterocycles. The van der Waals surface area contributed by atoms with Crippen LogP contribution < -0.4 is 0 Å². The molecular weight excluding hydrogens is 288 g/mol. The second-order valence-corrected chi connectivity index (χ2v) is 6.90. The summed E-state index contributed by atoms with van der Waals surface area (Å²) in [7, 11) is 1.65. The van der Waals surface area contributed by atoms with Crippen LogP contribution in [0.25, 0.3) is 0 Å². The van der Waals surface area contributed by atoms with Gasteiger partial charge in [-0.25, -0.2) is 0 Å². The third-order valence-electron chi connectivity index (χ3n) is 4.77. The Labute approximate surface area is 140 Å². The maximum absolute atomic E-state index is 11.3. The molecule has 0 bridgehead atoms. The molecule has 1 aromatic rings. The van der Waals surface area contributed by atoms with Crippen molar-refractivity contribution in [1.29, 1.82) is 0 Å². The molecule has 0 spiro atoms. The predicted molar refractivity (Wildman–Crippen MR) is 93.3 cm³/mol. The molecule has 0 fully saturated rings. The van der Waals surface area contributed by atoms with Gasteiger partial charge in [-0.2, -0.15) is 0 Å². The highest BCUT2D eigenvalue weighted by molar-refractivity contribution is 5.52. The van der Waals surface area contributed by atoms with E-state index in [9.17, 15) is 5.11 Å². The van der Waals surface area contributed by atoms with Crippen molar-refractivity contribution in [1.82, 2.24) is 0 Å². The summed E-state index contributed by atoms with van der Waals surface area (Å²) in [4.78, 5) is 0.